The van der Waals surface area contributed by atoms with Crippen molar-refractivity contribution in [3.05, 3.63) is 53.1 Å². The third-order valence-electron chi connectivity index (χ3n) is 8.86. The first-order valence-electron chi connectivity index (χ1n) is 11.1. The lowest BCUT2D eigenvalue weighted by atomic mass is 9.48. The van der Waals surface area contributed by atoms with E-state index in [4.69, 9.17) is 0 Å². The molecular weight excluding hydrogens is 344 g/mol. The molecule has 1 aromatic rings. The minimum Gasteiger partial charge on any atom is -0.393 e. The fourth-order valence-corrected chi connectivity index (χ4v) is 7.19. The van der Waals surface area contributed by atoms with Gasteiger partial charge in [0.15, 0.2) is 5.78 Å². The molecule has 28 heavy (non-hydrogen) atoms. The van der Waals surface area contributed by atoms with Gasteiger partial charge in [-0.1, -0.05) is 55.8 Å². The van der Waals surface area contributed by atoms with Crippen LogP contribution in [0.25, 0.3) is 6.08 Å². The maximum Gasteiger partial charge on any atom is 0.165 e. The number of ketones is 1. The summed E-state index contributed by atoms with van der Waals surface area (Å²) in [7, 11) is 0. The number of aliphatic hydroxyl groups excluding tert-OH is 1. The zero-order valence-electron chi connectivity index (χ0n) is 17.2. The highest BCUT2D eigenvalue weighted by molar-refractivity contribution is 6.05. The summed E-state index contributed by atoms with van der Waals surface area (Å²) in [6.45, 7) is 4.69. The molecule has 4 aliphatic carbocycles. The van der Waals surface area contributed by atoms with Gasteiger partial charge in [-0.3, -0.25) is 4.79 Å². The Balaban J connectivity index is 1.48. The minimum absolute atomic E-state index is 0.154. The lowest BCUT2D eigenvalue weighted by molar-refractivity contribution is -0.130. The zero-order chi connectivity index (χ0) is 19.5. The zero-order valence-corrected chi connectivity index (χ0v) is 17.2. The molecule has 2 heteroatoms. The number of carbonyl (C=O) groups excluding carboxylic acids is 1. The van der Waals surface area contributed by atoms with E-state index < -0.39 is 0 Å². The molecule has 1 N–H and O–H groups in total. The predicted molar refractivity (Wildman–Crippen MR) is 113 cm³/mol. The van der Waals surface area contributed by atoms with Gasteiger partial charge in [0.1, 0.15) is 0 Å². The number of hydrogen-bond donors (Lipinski definition) is 1. The van der Waals surface area contributed by atoms with Crippen molar-refractivity contribution in [2.24, 2.45) is 28.6 Å². The number of hydrogen-bond acceptors (Lipinski definition) is 2. The molecule has 3 saturated carbocycles. The van der Waals surface area contributed by atoms with Crippen LogP contribution in [0, 0.1) is 28.6 Å². The van der Waals surface area contributed by atoms with Gasteiger partial charge < -0.3 is 5.11 Å². The minimum atomic E-state index is -0.183. The lowest BCUT2D eigenvalue weighted by Crippen LogP contribution is -2.50. The average molecular weight is 377 g/mol. The molecule has 0 spiro atoms. The maximum atomic E-state index is 13.4. The Morgan fingerprint density at radius 2 is 1.75 bits per heavy atom. The van der Waals surface area contributed by atoms with Gasteiger partial charge in [0.25, 0.3) is 0 Å². The van der Waals surface area contributed by atoms with E-state index in [0.29, 0.717) is 23.5 Å². The SMILES string of the molecule is CC12CCC3C(CC=C4CC(O)CCC43C)C1C/C(=C/c1ccccc1)C2=O. The van der Waals surface area contributed by atoms with Crippen LogP contribution < -0.4 is 0 Å². The van der Waals surface area contributed by atoms with Crippen LogP contribution in [0.15, 0.2) is 47.6 Å². The van der Waals surface area contributed by atoms with Crippen molar-refractivity contribution in [3.63, 3.8) is 0 Å². The Kier molecular flexibility index (Phi) is 4.21. The predicted octanol–water partition coefficient (Wildman–Crippen LogP) is 5.57. The highest BCUT2D eigenvalue weighted by atomic mass is 16.3. The summed E-state index contributed by atoms with van der Waals surface area (Å²) >= 11 is 0. The second-order valence-electron chi connectivity index (χ2n) is 10.2. The van der Waals surface area contributed by atoms with Crippen molar-refractivity contribution >= 4 is 11.9 Å². The van der Waals surface area contributed by atoms with Crippen molar-refractivity contribution < 1.29 is 9.90 Å². The summed E-state index contributed by atoms with van der Waals surface area (Å²) in [5, 5.41) is 10.2. The summed E-state index contributed by atoms with van der Waals surface area (Å²) in [6.07, 6.45) is 11.5. The number of rotatable bonds is 1. The van der Waals surface area contributed by atoms with Crippen LogP contribution in [0.2, 0.25) is 0 Å². The van der Waals surface area contributed by atoms with Crippen LogP contribution in [0.1, 0.15) is 64.4 Å². The molecular formula is C26H32O2. The Labute approximate surface area is 168 Å². The third-order valence-corrected chi connectivity index (χ3v) is 8.86. The summed E-state index contributed by atoms with van der Waals surface area (Å²) in [5.41, 5.74) is 3.73. The molecule has 0 amide bonds. The Bertz CT molecular complexity index is 850. The smallest absolute Gasteiger partial charge is 0.165 e. The van der Waals surface area contributed by atoms with Gasteiger partial charge in [-0.15, -0.1) is 0 Å². The monoisotopic (exact) mass is 376 g/mol. The number of Topliss-reactive ketones (excluding diaryl/α,β-unsaturated/α-hetero) is 1. The number of aliphatic hydroxyl groups is 1. The molecule has 4 aliphatic rings. The molecule has 6 atom stereocenters. The molecule has 0 aliphatic heterocycles. The number of allylic oxidation sites excluding steroid dienone is 2. The van der Waals surface area contributed by atoms with Crippen molar-refractivity contribution in [1.29, 1.82) is 0 Å². The van der Waals surface area contributed by atoms with Gasteiger partial charge in [-0.05, 0) is 85.3 Å². The first kappa shape index (κ1) is 18.4. The Hall–Kier alpha value is -1.67. The van der Waals surface area contributed by atoms with Crippen molar-refractivity contribution in [2.75, 3.05) is 0 Å². The average Bonchev–Trinajstić information content (AvgIpc) is 2.94. The standard InChI is InChI=1S/C26H32O2/c1-25-12-10-20(27)16-19(25)8-9-21-22(25)11-13-26(2)23(21)15-18(24(26)28)14-17-6-4-3-5-7-17/h3-8,14,20-23,27H,9-13,15-16H2,1-2H3/b18-14-. The van der Waals surface area contributed by atoms with E-state index in [9.17, 15) is 9.90 Å². The molecule has 3 fully saturated rings. The van der Waals surface area contributed by atoms with Crippen LogP contribution in [0.5, 0.6) is 0 Å². The molecule has 0 aromatic heterocycles. The second-order valence-corrected chi connectivity index (χ2v) is 10.2. The molecule has 0 saturated heterocycles. The number of fused-ring (bicyclic) bond motifs is 5. The molecule has 0 heterocycles. The van der Waals surface area contributed by atoms with Crippen molar-refractivity contribution in [2.45, 2.75) is 64.9 Å². The molecule has 2 nitrogen and oxygen atoms in total. The third kappa shape index (κ3) is 2.60. The van der Waals surface area contributed by atoms with Crippen LogP contribution in [-0.4, -0.2) is 17.0 Å². The van der Waals surface area contributed by atoms with E-state index >= 15 is 0 Å². The lowest BCUT2D eigenvalue weighted by Gasteiger charge is -2.56. The normalized spacial score (nSPS) is 43.9. The first-order valence-corrected chi connectivity index (χ1v) is 11.1. The molecule has 5 rings (SSSR count). The van der Waals surface area contributed by atoms with Crippen molar-refractivity contribution in [1.82, 2.24) is 0 Å². The molecule has 1 aromatic carbocycles. The van der Waals surface area contributed by atoms with Gasteiger partial charge in [0.2, 0.25) is 0 Å². The second kappa shape index (κ2) is 6.42. The van der Waals surface area contributed by atoms with E-state index in [0.717, 1.165) is 56.1 Å². The van der Waals surface area contributed by atoms with Crippen LogP contribution in [-0.2, 0) is 4.79 Å². The topological polar surface area (TPSA) is 37.3 Å². The fourth-order valence-electron chi connectivity index (χ4n) is 7.19. The van der Waals surface area contributed by atoms with Crippen LogP contribution >= 0.6 is 0 Å². The van der Waals surface area contributed by atoms with E-state index in [1.807, 2.05) is 18.2 Å². The molecule has 148 valence electrons. The summed E-state index contributed by atoms with van der Waals surface area (Å²) in [6, 6.07) is 10.3. The summed E-state index contributed by atoms with van der Waals surface area (Å²) in [5.74, 6) is 2.14. The number of benzene rings is 1. The maximum absolute atomic E-state index is 13.4. The van der Waals surface area contributed by atoms with E-state index in [2.05, 4.69) is 38.1 Å². The largest absolute Gasteiger partial charge is 0.393 e. The van der Waals surface area contributed by atoms with Crippen LogP contribution in [0.3, 0.4) is 0 Å². The van der Waals surface area contributed by atoms with Gasteiger partial charge in [-0.25, -0.2) is 0 Å². The molecule has 0 radical (unpaired) electrons. The summed E-state index contributed by atoms with van der Waals surface area (Å²) < 4.78 is 0. The molecule has 6 unspecified atom stereocenters. The van der Waals surface area contributed by atoms with Gasteiger partial charge in [0, 0.05) is 5.41 Å². The Morgan fingerprint density at radius 1 is 1.00 bits per heavy atom. The van der Waals surface area contributed by atoms with Gasteiger partial charge in [-0.2, -0.15) is 0 Å². The van der Waals surface area contributed by atoms with Crippen molar-refractivity contribution in [3.8, 4) is 0 Å². The summed E-state index contributed by atoms with van der Waals surface area (Å²) in [4.78, 5) is 13.4. The van der Waals surface area contributed by atoms with E-state index in [-0.39, 0.29) is 16.9 Å². The number of carbonyl (C=O) groups is 1. The van der Waals surface area contributed by atoms with E-state index in [1.54, 1.807) is 0 Å². The molecule has 0 bridgehead atoms. The van der Waals surface area contributed by atoms with Gasteiger partial charge in [0.05, 0.1) is 6.10 Å². The van der Waals surface area contributed by atoms with Gasteiger partial charge >= 0.3 is 0 Å². The highest BCUT2D eigenvalue weighted by Gasteiger charge is 2.59. The first-order chi connectivity index (χ1) is 13.4. The Morgan fingerprint density at radius 3 is 2.54 bits per heavy atom. The van der Waals surface area contributed by atoms with E-state index in [1.165, 1.54) is 5.57 Å². The fraction of sp³-hybridized carbons (Fsp3) is 0.577. The quantitative estimate of drug-likeness (QED) is 0.514. The van der Waals surface area contributed by atoms with Crippen LogP contribution in [0.4, 0.5) is 0 Å². The highest BCUT2D eigenvalue weighted by Crippen LogP contribution is 2.64.